The number of carboxylic acid groups (broad SMARTS) is 1. The fraction of sp³-hybridized carbons (Fsp3) is 0.320. The van der Waals surface area contributed by atoms with Gasteiger partial charge in [-0.1, -0.05) is 30.3 Å². The summed E-state index contributed by atoms with van der Waals surface area (Å²) in [5.41, 5.74) is 2.81. The lowest BCUT2D eigenvalue weighted by Gasteiger charge is -2.41. The van der Waals surface area contributed by atoms with Crippen molar-refractivity contribution >= 4 is 22.9 Å². The molecular formula is C25H24F2N2O2. The molecule has 2 N–H and O–H groups in total. The SMILES string of the molecule is C[C@@H]1Cc2c([nH]c3ccccc23)[C@@H](c2ccc(C=CC(=O)O)cc2F)N1CC1(F)CC1. The van der Waals surface area contributed by atoms with Gasteiger partial charge in [0.2, 0.25) is 0 Å². The monoisotopic (exact) mass is 422 g/mol. The predicted octanol–water partition coefficient (Wildman–Crippen LogP) is 5.24. The summed E-state index contributed by atoms with van der Waals surface area (Å²) in [6.45, 7) is 2.35. The maximum Gasteiger partial charge on any atom is 0.328 e. The van der Waals surface area contributed by atoms with Gasteiger partial charge in [-0.15, -0.1) is 0 Å². The summed E-state index contributed by atoms with van der Waals surface area (Å²) in [7, 11) is 0. The van der Waals surface area contributed by atoms with Gasteiger partial charge in [-0.2, -0.15) is 0 Å². The van der Waals surface area contributed by atoms with Crippen LogP contribution in [0.5, 0.6) is 0 Å². The molecule has 0 amide bonds. The summed E-state index contributed by atoms with van der Waals surface area (Å²) in [5.74, 6) is -1.51. The van der Waals surface area contributed by atoms with E-state index in [9.17, 15) is 9.18 Å². The Balaban J connectivity index is 1.63. The Labute approximate surface area is 179 Å². The standard InChI is InChI=1S/C25H24F2N2O2/c1-15-12-19-17-4-2-3-5-21(17)28-23(19)24(29(15)14-25(27)10-11-25)18-8-6-16(13-20(18)26)7-9-22(30)31/h2-9,13,15,24,28H,10-12,14H2,1H3,(H,30,31)/t15-,24-/m1/s1. The highest BCUT2D eigenvalue weighted by Gasteiger charge is 2.48. The Morgan fingerprint density at radius 2 is 2.06 bits per heavy atom. The Morgan fingerprint density at radius 3 is 2.77 bits per heavy atom. The van der Waals surface area contributed by atoms with E-state index < -0.39 is 23.5 Å². The van der Waals surface area contributed by atoms with Crippen LogP contribution in [0, 0.1) is 5.82 Å². The van der Waals surface area contributed by atoms with Crippen LogP contribution in [0.4, 0.5) is 8.78 Å². The molecule has 1 aliphatic carbocycles. The van der Waals surface area contributed by atoms with Crippen LogP contribution in [0.1, 0.15) is 48.2 Å². The van der Waals surface area contributed by atoms with Crippen LogP contribution in [0.25, 0.3) is 17.0 Å². The molecule has 2 aliphatic rings. The number of rotatable bonds is 5. The Kier molecular flexibility index (Phi) is 4.70. The van der Waals surface area contributed by atoms with E-state index >= 15 is 4.39 Å². The number of aromatic nitrogens is 1. The molecule has 5 rings (SSSR count). The van der Waals surface area contributed by atoms with Gasteiger partial charge < -0.3 is 10.1 Å². The molecule has 1 aliphatic heterocycles. The van der Waals surface area contributed by atoms with Crippen LogP contribution in [-0.4, -0.2) is 39.2 Å². The summed E-state index contributed by atoms with van der Waals surface area (Å²) in [5, 5.41) is 9.95. The fourth-order valence-corrected chi connectivity index (χ4v) is 4.75. The molecule has 4 nitrogen and oxygen atoms in total. The minimum atomic E-state index is -1.20. The second-order valence-corrected chi connectivity index (χ2v) is 8.79. The molecule has 2 aromatic carbocycles. The maximum atomic E-state index is 15.3. The summed E-state index contributed by atoms with van der Waals surface area (Å²) in [6.07, 6.45) is 4.21. The minimum absolute atomic E-state index is 0.0518. The zero-order valence-corrected chi connectivity index (χ0v) is 17.2. The number of para-hydroxylation sites is 1. The summed E-state index contributed by atoms with van der Waals surface area (Å²) < 4.78 is 30.2. The number of carboxylic acids is 1. The quantitative estimate of drug-likeness (QED) is 0.553. The highest BCUT2D eigenvalue weighted by molar-refractivity contribution is 5.86. The van der Waals surface area contributed by atoms with Gasteiger partial charge in [0.15, 0.2) is 0 Å². The van der Waals surface area contributed by atoms with E-state index in [1.165, 1.54) is 12.1 Å². The first-order valence-electron chi connectivity index (χ1n) is 10.6. The molecule has 2 atom stereocenters. The number of nitrogens with zero attached hydrogens (tertiary/aromatic N) is 1. The van der Waals surface area contributed by atoms with E-state index in [1.807, 2.05) is 18.2 Å². The molecule has 0 spiro atoms. The Hall–Kier alpha value is -2.99. The molecule has 0 bridgehead atoms. The van der Waals surface area contributed by atoms with Gasteiger partial charge in [0.25, 0.3) is 0 Å². The molecule has 31 heavy (non-hydrogen) atoms. The van der Waals surface area contributed by atoms with Gasteiger partial charge in [0, 0.05) is 40.8 Å². The van der Waals surface area contributed by atoms with Crippen molar-refractivity contribution in [2.75, 3.05) is 6.54 Å². The van der Waals surface area contributed by atoms with Gasteiger partial charge in [0.05, 0.1) is 6.04 Å². The number of hydrogen-bond donors (Lipinski definition) is 2. The smallest absolute Gasteiger partial charge is 0.328 e. The fourth-order valence-electron chi connectivity index (χ4n) is 4.75. The maximum absolute atomic E-state index is 15.3. The molecule has 0 unspecified atom stereocenters. The zero-order chi connectivity index (χ0) is 21.8. The van der Waals surface area contributed by atoms with E-state index in [4.69, 9.17) is 5.11 Å². The zero-order valence-electron chi connectivity index (χ0n) is 17.2. The molecular weight excluding hydrogens is 398 g/mol. The largest absolute Gasteiger partial charge is 0.478 e. The lowest BCUT2D eigenvalue weighted by Crippen LogP contribution is -2.46. The van der Waals surface area contributed by atoms with Gasteiger partial charge >= 0.3 is 5.97 Å². The van der Waals surface area contributed by atoms with Crippen LogP contribution < -0.4 is 0 Å². The average molecular weight is 422 g/mol. The van der Waals surface area contributed by atoms with Gasteiger partial charge in [-0.05, 0) is 55.5 Å². The molecule has 1 saturated carbocycles. The lowest BCUT2D eigenvalue weighted by atomic mass is 9.87. The molecule has 1 fully saturated rings. The summed E-state index contributed by atoms with van der Waals surface area (Å²) >= 11 is 0. The Morgan fingerprint density at radius 1 is 1.29 bits per heavy atom. The van der Waals surface area contributed by atoms with Gasteiger partial charge in [-0.3, -0.25) is 4.90 Å². The number of aliphatic carboxylic acids is 1. The van der Waals surface area contributed by atoms with E-state index in [1.54, 1.807) is 12.1 Å². The van der Waals surface area contributed by atoms with Crippen LogP contribution in [-0.2, 0) is 11.2 Å². The Bertz CT molecular complexity index is 1200. The molecule has 2 heterocycles. The molecule has 0 saturated heterocycles. The first-order chi connectivity index (χ1) is 14.8. The van der Waals surface area contributed by atoms with Crippen molar-refractivity contribution in [2.24, 2.45) is 0 Å². The van der Waals surface area contributed by atoms with Crippen molar-refractivity contribution in [3.63, 3.8) is 0 Å². The van der Waals surface area contributed by atoms with Crippen molar-refractivity contribution in [2.45, 2.75) is 43.9 Å². The van der Waals surface area contributed by atoms with Crippen molar-refractivity contribution in [3.05, 3.63) is 76.7 Å². The summed E-state index contributed by atoms with van der Waals surface area (Å²) in [6, 6.07) is 12.4. The van der Waals surface area contributed by atoms with Crippen LogP contribution >= 0.6 is 0 Å². The number of aromatic amines is 1. The number of carbonyl (C=O) groups is 1. The molecule has 1 aromatic heterocycles. The average Bonchev–Trinajstić information content (AvgIpc) is 3.35. The van der Waals surface area contributed by atoms with Crippen LogP contribution in [0.3, 0.4) is 0 Å². The van der Waals surface area contributed by atoms with Crippen LogP contribution in [0.2, 0.25) is 0 Å². The first-order valence-corrected chi connectivity index (χ1v) is 10.6. The highest BCUT2D eigenvalue weighted by Crippen LogP contribution is 2.47. The van der Waals surface area contributed by atoms with Gasteiger partial charge in [-0.25, -0.2) is 13.6 Å². The van der Waals surface area contributed by atoms with E-state index in [0.717, 1.165) is 34.7 Å². The summed E-state index contributed by atoms with van der Waals surface area (Å²) in [4.78, 5) is 16.3. The second-order valence-electron chi connectivity index (χ2n) is 8.79. The third kappa shape index (κ3) is 3.65. The number of benzene rings is 2. The van der Waals surface area contributed by atoms with E-state index in [2.05, 4.69) is 22.9 Å². The third-order valence-corrected chi connectivity index (χ3v) is 6.51. The second kappa shape index (κ2) is 7.31. The third-order valence-electron chi connectivity index (χ3n) is 6.51. The van der Waals surface area contributed by atoms with Crippen molar-refractivity contribution < 1.29 is 18.7 Å². The lowest BCUT2D eigenvalue weighted by molar-refractivity contribution is -0.131. The molecule has 6 heteroatoms. The van der Waals surface area contributed by atoms with E-state index in [-0.39, 0.29) is 12.6 Å². The van der Waals surface area contributed by atoms with Gasteiger partial charge in [0.1, 0.15) is 11.5 Å². The normalized spacial score (nSPS) is 22.7. The van der Waals surface area contributed by atoms with E-state index in [0.29, 0.717) is 24.0 Å². The molecule has 160 valence electrons. The number of nitrogens with one attached hydrogen (secondary N) is 1. The van der Waals surface area contributed by atoms with Crippen LogP contribution in [0.15, 0.2) is 48.5 Å². The number of H-pyrrole nitrogens is 1. The van der Waals surface area contributed by atoms with Crippen molar-refractivity contribution in [1.29, 1.82) is 0 Å². The number of fused-ring (bicyclic) bond motifs is 3. The first kappa shape index (κ1) is 19.9. The number of hydrogen-bond acceptors (Lipinski definition) is 2. The molecule has 0 radical (unpaired) electrons. The molecule has 3 aromatic rings. The highest BCUT2D eigenvalue weighted by atomic mass is 19.1. The van der Waals surface area contributed by atoms with Crippen molar-refractivity contribution in [3.8, 4) is 0 Å². The number of halogens is 2. The topological polar surface area (TPSA) is 56.3 Å². The number of alkyl halides is 1. The predicted molar refractivity (Wildman–Crippen MR) is 116 cm³/mol. The minimum Gasteiger partial charge on any atom is -0.478 e. The van der Waals surface area contributed by atoms with Crippen molar-refractivity contribution in [1.82, 2.24) is 9.88 Å².